The summed E-state index contributed by atoms with van der Waals surface area (Å²) in [6.07, 6.45) is 2.60. The van der Waals surface area contributed by atoms with E-state index in [1.807, 2.05) is 4.90 Å². The summed E-state index contributed by atoms with van der Waals surface area (Å²) in [6, 6.07) is -0.287. The fourth-order valence-corrected chi connectivity index (χ4v) is 2.87. The van der Waals surface area contributed by atoms with Crippen molar-refractivity contribution in [2.45, 2.75) is 31.8 Å². The fourth-order valence-electron chi connectivity index (χ4n) is 2.03. The number of sulfonamides is 1. The first kappa shape index (κ1) is 14.4. The minimum atomic E-state index is -3.14. The maximum Gasteiger partial charge on any atom is 0.322 e. The molecule has 0 spiro atoms. The SMILES string of the molecule is COC(=O)C(C)N1CCC(NS(C)(=O)=O)CC1. The van der Waals surface area contributed by atoms with Crippen LogP contribution < -0.4 is 4.72 Å². The van der Waals surface area contributed by atoms with Gasteiger partial charge in [0.05, 0.1) is 13.4 Å². The predicted octanol–water partition coefficient (Wildman–Crippen LogP) is -0.438. The summed E-state index contributed by atoms with van der Waals surface area (Å²) >= 11 is 0. The molecule has 7 heteroatoms. The molecule has 0 aromatic rings. The number of ether oxygens (including phenoxy) is 1. The van der Waals surface area contributed by atoms with Crippen molar-refractivity contribution in [1.29, 1.82) is 0 Å². The Morgan fingerprint density at radius 1 is 1.41 bits per heavy atom. The lowest BCUT2D eigenvalue weighted by atomic mass is 10.0. The summed E-state index contributed by atoms with van der Waals surface area (Å²) < 4.78 is 29.4. The molecule has 0 aromatic carbocycles. The van der Waals surface area contributed by atoms with Crippen molar-refractivity contribution in [2.24, 2.45) is 0 Å². The molecule has 1 fully saturated rings. The number of rotatable bonds is 4. The van der Waals surface area contributed by atoms with Gasteiger partial charge in [-0.15, -0.1) is 0 Å². The Kier molecular flexibility index (Phi) is 4.91. The number of carbonyl (C=O) groups excluding carboxylic acids is 1. The highest BCUT2D eigenvalue weighted by molar-refractivity contribution is 7.88. The second kappa shape index (κ2) is 5.79. The van der Waals surface area contributed by atoms with Crippen LogP contribution in [0.25, 0.3) is 0 Å². The molecule has 0 saturated carbocycles. The van der Waals surface area contributed by atoms with Crippen molar-refractivity contribution in [3.05, 3.63) is 0 Å². The van der Waals surface area contributed by atoms with Gasteiger partial charge in [0, 0.05) is 19.1 Å². The van der Waals surface area contributed by atoms with Crippen LogP contribution in [0.1, 0.15) is 19.8 Å². The highest BCUT2D eigenvalue weighted by Gasteiger charge is 2.27. The quantitative estimate of drug-likeness (QED) is 0.697. The number of nitrogens with one attached hydrogen (secondary N) is 1. The highest BCUT2D eigenvalue weighted by Crippen LogP contribution is 2.14. The second-order valence-corrected chi connectivity index (χ2v) is 6.18. The molecule has 1 rings (SSSR count). The van der Waals surface area contributed by atoms with E-state index in [2.05, 4.69) is 9.46 Å². The number of methoxy groups -OCH3 is 1. The molecular formula is C10H20N2O4S. The molecule has 1 aliphatic heterocycles. The Bertz CT molecular complexity index is 361. The summed E-state index contributed by atoms with van der Waals surface area (Å²) in [5.74, 6) is -0.250. The van der Waals surface area contributed by atoms with E-state index in [0.717, 1.165) is 6.26 Å². The molecule has 0 bridgehead atoms. The van der Waals surface area contributed by atoms with E-state index >= 15 is 0 Å². The third kappa shape index (κ3) is 4.61. The number of likely N-dealkylation sites (tertiary alicyclic amines) is 1. The highest BCUT2D eigenvalue weighted by atomic mass is 32.2. The lowest BCUT2D eigenvalue weighted by Crippen LogP contribution is -2.49. The molecule has 1 atom stereocenters. The molecule has 1 aliphatic rings. The topological polar surface area (TPSA) is 75.7 Å². The van der Waals surface area contributed by atoms with Crippen LogP contribution in [-0.4, -0.2) is 57.8 Å². The molecule has 0 radical (unpaired) electrons. The van der Waals surface area contributed by atoms with Gasteiger partial charge in [-0.2, -0.15) is 0 Å². The predicted molar refractivity (Wildman–Crippen MR) is 64.1 cm³/mol. The number of hydrogen-bond donors (Lipinski definition) is 1. The maximum absolute atomic E-state index is 11.3. The van der Waals surface area contributed by atoms with Crippen LogP contribution in [0.15, 0.2) is 0 Å². The number of esters is 1. The van der Waals surface area contributed by atoms with Crippen LogP contribution in [-0.2, 0) is 19.6 Å². The minimum absolute atomic E-state index is 0.0221. The van der Waals surface area contributed by atoms with Gasteiger partial charge in [-0.25, -0.2) is 13.1 Å². The Labute approximate surface area is 102 Å². The summed E-state index contributed by atoms with van der Waals surface area (Å²) in [7, 11) is -1.77. The summed E-state index contributed by atoms with van der Waals surface area (Å²) in [6.45, 7) is 3.20. The van der Waals surface area contributed by atoms with Crippen LogP contribution in [0.2, 0.25) is 0 Å². The van der Waals surface area contributed by atoms with Gasteiger partial charge in [0.1, 0.15) is 6.04 Å². The number of piperidine rings is 1. The van der Waals surface area contributed by atoms with Gasteiger partial charge in [-0.05, 0) is 19.8 Å². The van der Waals surface area contributed by atoms with Crippen LogP contribution in [0, 0.1) is 0 Å². The Morgan fingerprint density at radius 2 is 1.94 bits per heavy atom. The van der Waals surface area contributed by atoms with Crippen molar-refractivity contribution < 1.29 is 17.9 Å². The molecule has 6 nitrogen and oxygen atoms in total. The fraction of sp³-hybridized carbons (Fsp3) is 0.900. The summed E-state index contributed by atoms with van der Waals surface area (Å²) in [4.78, 5) is 13.4. The van der Waals surface area contributed by atoms with E-state index in [9.17, 15) is 13.2 Å². The average Bonchev–Trinajstić information content (AvgIpc) is 2.26. The van der Waals surface area contributed by atoms with E-state index in [0.29, 0.717) is 25.9 Å². The van der Waals surface area contributed by atoms with Gasteiger partial charge in [-0.3, -0.25) is 9.69 Å². The van der Waals surface area contributed by atoms with Crippen molar-refractivity contribution in [3.63, 3.8) is 0 Å². The van der Waals surface area contributed by atoms with E-state index in [-0.39, 0.29) is 18.1 Å². The van der Waals surface area contributed by atoms with E-state index in [1.54, 1.807) is 6.92 Å². The zero-order valence-electron chi connectivity index (χ0n) is 10.5. The third-order valence-corrected chi connectivity index (χ3v) is 3.76. The molecule has 100 valence electrons. The molecule has 17 heavy (non-hydrogen) atoms. The van der Waals surface area contributed by atoms with Crippen LogP contribution in [0.4, 0.5) is 0 Å². The van der Waals surface area contributed by atoms with E-state index < -0.39 is 10.0 Å². The van der Waals surface area contributed by atoms with Crippen LogP contribution in [0.3, 0.4) is 0 Å². The van der Waals surface area contributed by atoms with Gasteiger partial charge in [0.25, 0.3) is 0 Å². The second-order valence-electron chi connectivity index (χ2n) is 4.40. The van der Waals surface area contributed by atoms with Crippen LogP contribution >= 0.6 is 0 Å². The number of hydrogen-bond acceptors (Lipinski definition) is 5. The van der Waals surface area contributed by atoms with Gasteiger partial charge >= 0.3 is 5.97 Å². The largest absolute Gasteiger partial charge is 0.468 e. The molecule has 0 aromatic heterocycles. The Balaban J connectivity index is 2.43. The Hall–Kier alpha value is -0.660. The van der Waals surface area contributed by atoms with Gasteiger partial charge in [-0.1, -0.05) is 0 Å². The first-order chi connectivity index (χ1) is 7.83. The first-order valence-corrected chi connectivity index (χ1v) is 7.52. The van der Waals surface area contributed by atoms with Gasteiger partial charge in [0.2, 0.25) is 10.0 Å². The monoisotopic (exact) mass is 264 g/mol. The lowest BCUT2D eigenvalue weighted by molar-refractivity contribution is -0.146. The summed E-state index contributed by atoms with van der Waals surface area (Å²) in [5, 5.41) is 0. The zero-order chi connectivity index (χ0) is 13.1. The molecule has 1 saturated heterocycles. The molecule has 1 N–H and O–H groups in total. The normalized spacial score (nSPS) is 21.1. The van der Waals surface area contributed by atoms with Gasteiger partial charge in [0.15, 0.2) is 0 Å². The van der Waals surface area contributed by atoms with Gasteiger partial charge < -0.3 is 4.74 Å². The maximum atomic E-state index is 11.3. The van der Waals surface area contributed by atoms with Crippen molar-refractivity contribution in [3.8, 4) is 0 Å². The first-order valence-electron chi connectivity index (χ1n) is 5.62. The van der Waals surface area contributed by atoms with Crippen molar-refractivity contribution in [1.82, 2.24) is 9.62 Å². The van der Waals surface area contributed by atoms with E-state index in [1.165, 1.54) is 7.11 Å². The third-order valence-electron chi connectivity index (χ3n) is 3.00. The standard InChI is InChI=1S/C10H20N2O4S/c1-8(10(13)16-2)12-6-4-9(5-7-12)11-17(3,14)15/h8-9,11H,4-7H2,1-3H3. The number of nitrogens with zero attached hydrogens (tertiary/aromatic N) is 1. The average molecular weight is 264 g/mol. The molecule has 0 amide bonds. The molecule has 1 heterocycles. The zero-order valence-corrected chi connectivity index (χ0v) is 11.3. The molecule has 1 unspecified atom stereocenters. The van der Waals surface area contributed by atoms with Crippen molar-refractivity contribution >= 4 is 16.0 Å². The smallest absolute Gasteiger partial charge is 0.322 e. The summed E-state index contributed by atoms with van der Waals surface area (Å²) in [5.41, 5.74) is 0. The molecular weight excluding hydrogens is 244 g/mol. The number of carbonyl (C=O) groups is 1. The Morgan fingerprint density at radius 3 is 2.35 bits per heavy atom. The van der Waals surface area contributed by atoms with Crippen molar-refractivity contribution in [2.75, 3.05) is 26.5 Å². The van der Waals surface area contributed by atoms with Crippen LogP contribution in [0.5, 0.6) is 0 Å². The molecule has 0 aliphatic carbocycles. The lowest BCUT2D eigenvalue weighted by Gasteiger charge is -2.34. The van der Waals surface area contributed by atoms with E-state index in [4.69, 9.17) is 0 Å². The minimum Gasteiger partial charge on any atom is -0.468 e.